The molecule has 0 saturated carbocycles. The van der Waals surface area contributed by atoms with Gasteiger partial charge >= 0.3 is 6.03 Å². The molecule has 162 valence electrons. The summed E-state index contributed by atoms with van der Waals surface area (Å²) in [6.07, 6.45) is 2.37. The molecule has 3 N–H and O–H groups in total. The maximum Gasteiger partial charge on any atom is 0.315 e. The van der Waals surface area contributed by atoms with Crippen molar-refractivity contribution in [2.45, 2.75) is 59.0 Å². The number of urea groups is 1. The number of nitrogens with zero attached hydrogens (tertiary/aromatic N) is 1. The number of rotatable bonds is 11. The highest BCUT2D eigenvalue weighted by Crippen LogP contribution is 2.24. The van der Waals surface area contributed by atoms with Crippen molar-refractivity contribution in [1.29, 1.82) is 0 Å². The van der Waals surface area contributed by atoms with Crippen molar-refractivity contribution in [2.75, 3.05) is 37.7 Å². The Labute approximate surface area is 174 Å². The quantitative estimate of drug-likeness (QED) is 0.523. The van der Waals surface area contributed by atoms with E-state index < -0.39 is 0 Å². The maximum absolute atomic E-state index is 12.4. The van der Waals surface area contributed by atoms with Crippen LogP contribution in [0.1, 0.15) is 47.0 Å². The molecule has 1 aromatic rings. The van der Waals surface area contributed by atoms with E-state index in [1.165, 1.54) is 0 Å². The lowest BCUT2D eigenvalue weighted by atomic mass is 10.2. The Kier molecular flexibility index (Phi) is 9.25. The summed E-state index contributed by atoms with van der Waals surface area (Å²) in [6, 6.07) is 7.23. The second-order valence-electron chi connectivity index (χ2n) is 7.70. The zero-order valence-electron chi connectivity index (χ0n) is 18.3. The van der Waals surface area contributed by atoms with Crippen LogP contribution in [-0.4, -0.2) is 56.8 Å². The van der Waals surface area contributed by atoms with Crippen LogP contribution in [0.25, 0.3) is 0 Å². The molecule has 0 aliphatic carbocycles. The van der Waals surface area contributed by atoms with Gasteiger partial charge in [-0.1, -0.05) is 0 Å². The van der Waals surface area contributed by atoms with Gasteiger partial charge in [0.2, 0.25) is 5.91 Å². The minimum atomic E-state index is -0.195. The summed E-state index contributed by atoms with van der Waals surface area (Å²) in [4.78, 5) is 28.0. The van der Waals surface area contributed by atoms with Crippen molar-refractivity contribution < 1.29 is 19.2 Å². The number of nitrogens with one attached hydrogen (secondary N) is 3. The Balaban J connectivity index is 1.76. The van der Waals surface area contributed by atoms with Crippen LogP contribution in [0.15, 0.2) is 24.3 Å². The largest absolute Gasteiger partial charge is 0.494 e. The van der Waals surface area contributed by atoms with E-state index in [0.29, 0.717) is 19.6 Å². The third-order valence-corrected chi connectivity index (χ3v) is 5.46. The molecule has 1 aliphatic heterocycles. The molecule has 0 aromatic heterocycles. The van der Waals surface area contributed by atoms with Crippen LogP contribution in [0.5, 0.6) is 5.75 Å². The number of hydrogen-bond acceptors (Lipinski definition) is 3. The average molecular weight is 406 g/mol. The summed E-state index contributed by atoms with van der Waals surface area (Å²) in [6.45, 7) is 12.9. The van der Waals surface area contributed by atoms with Crippen LogP contribution in [0, 0.1) is 0 Å². The number of ether oxygens (including phenoxy) is 1. The Morgan fingerprint density at radius 2 is 1.93 bits per heavy atom. The predicted octanol–water partition coefficient (Wildman–Crippen LogP) is 1.58. The SMILES string of the molecule is CCOc1ccc(N2C[C@@H](NC(=O)N[C@H](C)CCC[NH+](CC)CC)CC2=O)cc1. The summed E-state index contributed by atoms with van der Waals surface area (Å²) in [5.74, 6) is 0.809. The van der Waals surface area contributed by atoms with E-state index in [0.717, 1.165) is 43.9 Å². The lowest BCUT2D eigenvalue weighted by Gasteiger charge is -2.20. The molecule has 29 heavy (non-hydrogen) atoms. The van der Waals surface area contributed by atoms with E-state index in [9.17, 15) is 9.59 Å². The number of amides is 3. The lowest BCUT2D eigenvalue weighted by molar-refractivity contribution is -0.896. The molecule has 3 amide bonds. The molecular formula is C22H37N4O3+. The Bertz CT molecular complexity index is 646. The average Bonchev–Trinajstić information content (AvgIpc) is 3.06. The molecule has 0 radical (unpaired) electrons. The Morgan fingerprint density at radius 1 is 1.24 bits per heavy atom. The topological polar surface area (TPSA) is 75.1 Å². The summed E-state index contributed by atoms with van der Waals surface area (Å²) in [5, 5.41) is 5.95. The van der Waals surface area contributed by atoms with Crippen molar-refractivity contribution in [1.82, 2.24) is 10.6 Å². The van der Waals surface area contributed by atoms with Gasteiger partial charge in [-0.05, 0) is 64.8 Å². The van der Waals surface area contributed by atoms with Crippen LogP contribution >= 0.6 is 0 Å². The van der Waals surface area contributed by atoms with Crippen molar-refractivity contribution in [3.8, 4) is 5.75 Å². The van der Waals surface area contributed by atoms with Crippen LogP contribution in [-0.2, 0) is 4.79 Å². The van der Waals surface area contributed by atoms with Crippen LogP contribution < -0.4 is 25.2 Å². The summed E-state index contributed by atoms with van der Waals surface area (Å²) in [7, 11) is 0. The van der Waals surface area contributed by atoms with E-state index in [1.54, 1.807) is 9.80 Å². The van der Waals surface area contributed by atoms with Gasteiger partial charge in [0, 0.05) is 24.7 Å². The molecule has 0 unspecified atom stereocenters. The van der Waals surface area contributed by atoms with Crippen molar-refractivity contribution in [3.63, 3.8) is 0 Å². The van der Waals surface area contributed by atoms with E-state index in [-0.39, 0.29) is 24.0 Å². The third-order valence-electron chi connectivity index (χ3n) is 5.46. The zero-order valence-corrected chi connectivity index (χ0v) is 18.3. The number of benzene rings is 1. The van der Waals surface area contributed by atoms with Gasteiger partial charge in [-0.2, -0.15) is 0 Å². The maximum atomic E-state index is 12.4. The minimum absolute atomic E-state index is 0.0229. The fraction of sp³-hybridized carbons (Fsp3) is 0.636. The van der Waals surface area contributed by atoms with Crippen molar-refractivity contribution >= 4 is 17.6 Å². The first kappa shape index (κ1) is 23.0. The van der Waals surface area contributed by atoms with Gasteiger partial charge in [0.05, 0.1) is 32.3 Å². The van der Waals surface area contributed by atoms with Crippen molar-refractivity contribution in [2.24, 2.45) is 0 Å². The number of carbonyl (C=O) groups is 2. The molecule has 2 atom stereocenters. The number of hydrogen-bond donors (Lipinski definition) is 3. The standard InChI is InChI=1S/C22H36N4O3/c1-5-25(6-2)14-8-9-17(4)23-22(28)24-18-15-21(27)26(16-18)19-10-12-20(13-11-19)29-7-3/h10-13,17-18H,5-9,14-16H2,1-4H3,(H2,23,24,28)/p+1/t17-,18+/m1/s1. The van der Waals surface area contributed by atoms with Gasteiger partial charge in [0.25, 0.3) is 0 Å². The molecule has 7 nitrogen and oxygen atoms in total. The molecule has 1 heterocycles. The van der Waals surface area contributed by atoms with Gasteiger partial charge in [-0.25, -0.2) is 4.79 Å². The smallest absolute Gasteiger partial charge is 0.315 e. The van der Waals surface area contributed by atoms with E-state index in [4.69, 9.17) is 4.74 Å². The normalized spacial score (nSPS) is 17.5. The van der Waals surface area contributed by atoms with Gasteiger partial charge < -0.3 is 25.2 Å². The van der Waals surface area contributed by atoms with Gasteiger partial charge in [0.1, 0.15) is 5.75 Å². The fourth-order valence-electron chi connectivity index (χ4n) is 3.73. The second kappa shape index (κ2) is 11.7. The number of anilines is 1. The minimum Gasteiger partial charge on any atom is -0.494 e. The fourth-order valence-corrected chi connectivity index (χ4v) is 3.73. The van der Waals surface area contributed by atoms with E-state index in [2.05, 4.69) is 24.5 Å². The van der Waals surface area contributed by atoms with Crippen molar-refractivity contribution in [3.05, 3.63) is 24.3 Å². The highest BCUT2D eigenvalue weighted by atomic mass is 16.5. The molecular weight excluding hydrogens is 368 g/mol. The number of quaternary nitrogens is 1. The molecule has 1 fully saturated rings. The zero-order chi connectivity index (χ0) is 21.2. The van der Waals surface area contributed by atoms with E-state index in [1.807, 2.05) is 38.1 Å². The second-order valence-corrected chi connectivity index (χ2v) is 7.70. The van der Waals surface area contributed by atoms with Crippen LogP contribution in [0.4, 0.5) is 10.5 Å². The first-order valence-corrected chi connectivity index (χ1v) is 10.9. The first-order chi connectivity index (χ1) is 14.0. The first-order valence-electron chi connectivity index (χ1n) is 10.9. The van der Waals surface area contributed by atoms with Crippen LogP contribution in [0.3, 0.4) is 0 Å². The molecule has 0 bridgehead atoms. The lowest BCUT2D eigenvalue weighted by Crippen LogP contribution is -3.11. The van der Waals surface area contributed by atoms with Crippen LogP contribution in [0.2, 0.25) is 0 Å². The highest BCUT2D eigenvalue weighted by molar-refractivity contribution is 5.96. The molecule has 1 aliphatic rings. The predicted molar refractivity (Wildman–Crippen MR) is 116 cm³/mol. The molecule has 2 rings (SSSR count). The molecule has 1 aromatic carbocycles. The van der Waals surface area contributed by atoms with Gasteiger partial charge in [0.15, 0.2) is 0 Å². The molecule has 1 saturated heterocycles. The Morgan fingerprint density at radius 3 is 2.55 bits per heavy atom. The van der Waals surface area contributed by atoms with Gasteiger partial charge in [-0.3, -0.25) is 4.79 Å². The highest BCUT2D eigenvalue weighted by Gasteiger charge is 2.31. The third kappa shape index (κ3) is 7.24. The monoisotopic (exact) mass is 405 g/mol. The van der Waals surface area contributed by atoms with E-state index >= 15 is 0 Å². The molecule has 0 spiro atoms. The number of carbonyl (C=O) groups excluding carboxylic acids is 2. The summed E-state index contributed by atoms with van der Waals surface area (Å²) in [5.41, 5.74) is 0.829. The molecule has 7 heteroatoms. The summed E-state index contributed by atoms with van der Waals surface area (Å²) < 4.78 is 5.44. The Hall–Kier alpha value is -2.28. The van der Waals surface area contributed by atoms with Gasteiger partial charge in [-0.15, -0.1) is 0 Å². The summed E-state index contributed by atoms with van der Waals surface area (Å²) >= 11 is 0.